The summed E-state index contributed by atoms with van der Waals surface area (Å²) in [7, 11) is -3.63. The number of hydrogen-bond donors (Lipinski definition) is 2. The van der Waals surface area contributed by atoms with E-state index in [2.05, 4.69) is 41.0 Å². The molecule has 8 nitrogen and oxygen atoms in total. The van der Waals surface area contributed by atoms with Gasteiger partial charge in [-0.2, -0.15) is 4.98 Å². The molecule has 3 aromatic rings. The summed E-state index contributed by atoms with van der Waals surface area (Å²) in [6.45, 7) is 8.46. The highest BCUT2D eigenvalue weighted by Gasteiger charge is 2.17. The molecule has 2 N–H and O–H groups in total. The number of benzene rings is 2. The maximum Gasteiger partial charge on any atom is 0.251 e. The molecule has 0 aliphatic rings. The fourth-order valence-electron chi connectivity index (χ4n) is 3.00. The standard InChI is InChI=1S/C23H28N4O4S/c1-16-26-21(31-27-16)13-14-24-22(28)18-7-5-17(6-8-18)15-25-32(29,30)20-11-9-19(10-12-20)23(2,3)4/h5-12,25H,13-15H2,1-4H3,(H,24,28). The van der Waals surface area contributed by atoms with Crippen LogP contribution < -0.4 is 10.0 Å². The minimum atomic E-state index is -3.63. The third-order valence-corrected chi connectivity index (χ3v) is 6.32. The van der Waals surface area contributed by atoms with Crippen LogP contribution in [0.15, 0.2) is 57.9 Å². The molecule has 1 amide bonds. The highest BCUT2D eigenvalue weighted by Crippen LogP contribution is 2.23. The largest absolute Gasteiger partial charge is 0.352 e. The number of aromatic nitrogens is 2. The van der Waals surface area contributed by atoms with Gasteiger partial charge in [0.2, 0.25) is 15.9 Å². The third kappa shape index (κ3) is 6.24. The molecule has 0 atom stereocenters. The van der Waals surface area contributed by atoms with Crippen LogP contribution in [0.3, 0.4) is 0 Å². The molecule has 0 aliphatic carbocycles. The lowest BCUT2D eigenvalue weighted by molar-refractivity contribution is 0.0953. The number of sulfonamides is 1. The van der Waals surface area contributed by atoms with Crippen LogP contribution in [0.5, 0.6) is 0 Å². The SMILES string of the molecule is Cc1noc(CCNC(=O)c2ccc(CNS(=O)(=O)c3ccc(C(C)(C)C)cc3)cc2)n1. The van der Waals surface area contributed by atoms with E-state index < -0.39 is 10.0 Å². The molecular weight excluding hydrogens is 428 g/mol. The van der Waals surface area contributed by atoms with Crippen molar-refractivity contribution in [2.75, 3.05) is 6.54 Å². The van der Waals surface area contributed by atoms with Crippen LogP contribution in [0.1, 0.15) is 54.0 Å². The number of nitrogens with zero attached hydrogens (tertiary/aromatic N) is 2. The van der Waals surface area contributed by atoms with Gasteiger partial charge in [-0.3, -0.25) is 4.79 Å². The predicted molar refractivity (Wildman–Crippen MR) is 121 cm³/mol. The van der Waals surface area contributed by atoms with Crippen molar-refractivity contribution in [3.8, 4) is 0 Å². The number of hydrogen-bond acceptors (Lipinski definition) is 6. The topological polar surface area (TPSA) is 114 Å². The molecule has 1 heterocycles. The van der Waals surface area contributed by atoms with E-state index in [1.807, 2.05) is 12.1 Å². The Morgan fingerprint density at radius 3 is 2.25 bits per heavy atom. The fourth-order valence-corrected chi connectivity index (χ4v) is 4.01. The van der Waals surface area contributed by atoms with E-state index in [1.165, 1.54) is 0 Å². The van der Waals surface area contributed by atoms with Gasteiger partial charge in [-0.1, -0.05) is 50.2 Å². The second kappa shape index (κ2) is 9.62. The highest BCUT2D eigenvalue weighted by atomic mass is 32.2. The van der Waals surface area contributed by atoms with Crippen LogP contribution in [0, 0.1) is 6.92 Å². The molecule has 0 aliphatic heterocycles. The van der Waals surface area contributed by atoms with Crippen molar-refractivity contribution < 1.29 is 17.7 Å². The predicted octanol–water partition coefficient (Wildman–Crippen LogP) is 3.13. The summed E-state index contributed by atoms with van der Waals surface area (Å²) < 4.78 is 32.8. The van der Waals surface area contributed by atoms with E-state index >= 15 is 0 Å². The third-order valence-electron chi connectivity index (χ3n) is 4.91. The van der Waals surface area contributed by atoms with Crippen molar-refractivity contribution in [1.29, 1.82) is 0 Å². The fraction of sp³-hybridized carbons (Fsp3) is 0.348. The van der Waals surface area contributed by atoms with Crippen LogP contribution in [-0.2, 0) is 28.4 Å². The average Bonchev–Trinajstić information content (AvgIpc) is 3.17. The lowest BCUT2D eigenvalue weighted by Gasteiger charge is -2.19. The van der Waals surface area contributed by atoms with Gasteiger partial charge in [-0.15, -0.1) is 0 Å². The first-order chi connectivity index (χ1) is 15.0. The summed E-state index contributed by atoms with van der Waals surface area (Å²) >= 11 is 0. The van der Waals surface area contributed by atoms with Gasteiger partial charge in [0, 0.05) is 25.1 Å². The molecule has 0 bridgehead atoms. The Balaban J connectivity index is 1.52. The molecule has 170 valence electrons. The number of rotatable bonds is 8. The minimum absolute atomic E-state index is 0.0460. The minimum Gasteiger partial charge on any atom is -0.352 e. The first-order valence-electron chi connectivity index (χ1n) is 10.3. The zero-order valence-corrected chi connectivity index (χ0v) is 19.5. The van der Waals surface area contributed by atoms with Crippen LogP contribution in [0.25, 0.3) is 0 Å². The first-order valence-corrected chi connectivity index (χ1v) is 11.8. The van der Waals surface area contributed by atoms with Gasteiger partial charge in [-0.05, 0) is 47.7 Å². The molecule has 0 saturated carbocycles. The lowest BCUT2D eigenvalue weighted by Crippen LogP contribution is -2.26. The van der Waals surface area contributed by atoms with Crippen LogP contribution in [-0.4, -0.2) is 31.0 Å². The van der Waals surface area contributed by atoms with Gasteiger partial charge >= 0.3 is 0 Å². The molecule has 1 aromatic heterocycles. The molecule has 0 radical (unpaired) electrons. The van der Waals surface area contributed by atoms with Crippen LogP contribution in [0.4, 0.5) is 0 Å². The smallest absolute Gasteiger partial charge is 0.251 e. The molecular formula is C23H28N4O4S. The van der Waals surface area contributed by atoms with Crippen molar-refractivity contribution in [3.63, 3.8) is 0 Å². The Labute approximate surface area is 188 Å². The maximum atomic E-state index is 12.6. The Morgan fingerprint density at radius 2 is 1.69 bits per heavy atom. The van der Waals surface area contributed by atoms with E-state index in [9.17, 15) is 13.2 Å². The number of nitrogens with one attached hydrogen (secondary N) is 2. The lowest BCUT2D eigenvalue weighted by atomic mass is 9.87. The Hall–Kier alpha value is -3.04. The highest BCUT2D eigenvalue weighted by molar-refractivity contribution is 7.89. The number of aryl methyl sites for hydroxylation is 1. The quantitative estimate of drug-likeness (QED) is 0.538. The van der Waals surface area contributed by atoms with E-state index in [1.54, 1.807) is 43.3 Å². The zero-order valence-electron chi connectivity index (χ0n) is 18.7. The number of carbonyl (C=O) groups excluding carboxylic acids is 1. The molecule has 32 heavy (non-hydrogen) atoms. The summed E-state index contributed by atoms with van der Waals surface area (Å²) in [6.07, 6.45) is 0.448. The molecule has 0 saturated heterocycles. The van der Waals surface area contributed by atoms with Gasteiger partial charge in [0.05, 0.1) is 4.90 Å². The molecule has 9 heteroatoms. The van der Waals surface area contributed by atoms with Crippen molar-refractivity contribution in [2.24, 2.45) is 0 Å². The Morgan fingerprint density at radius 1 is 1.03 bits per heavy atom. The van der Waals surface area contributed by atoms with Crippen molar-refractivity contribution >= 4 is 15.9 Å². The van der Waals surface area contributed by atoms with Gasteiger partial charge in [0.25, 0.3) is 5.91 Å². The van der Waals surface area contributed by atoms with Gasteiger partial charge in [0.15, 0.2) is 5.82 Å². The summed E-state index contributed by atoms with van der Waals surface area (Å²) in [5.74, 6) is 0.797. The molecule has 3 rings (SSSR count). The van der Waals surface area contributed by atoms with Gasteiger partial charge < -0.3 is 9.84 Å². The normalized spacial score (nSPS) is 12.0. The van der Waals surface area contributed by atoms with E-state index in [-0.39, 0.29) is 22.8 Å². The first kappa shape index (κ1) is 23.6. The summed E-state index contributed by atoms with van der Waals surface area (Å²) in [4.78, 5) is 16.6. The van der Waals surface area contributed by atoms with Crippen LogP contribution in [0.2, 0.25) is 0 Å². The number of carbonyl (C=O) groups is 1. The van der Waals surface area contributed by atoms with E-state index in [4.69, 9.17) is 4.52 Å². The monoisotopic (exact) mass is 456 g/mol. The second-order valence-electron chi connectivity index (χ2n) is 8.54. The van der Waals surface area contributed by atoms with Gasteiger partial charge in [-0.25, -0.2) is 13.1 Å². The van der Waals surface area contributed by atoms with Gasteiger partial charge in [0.1, 0.15) is 0 Å². The summed E-state index contributed by atoms with van der Waals surface area (Å²) in [5.41, 5.74) is 2.25. The van der Waals surface area contributed by atoms with Crippen LogP contribution >= 0.6 is 0 Å². The zero-order chi connectivity index (χ0) is 23.4. The van der Waals surface area contributed by atoms with E-state index in [0.29, 0.717) is 30.2 Å². The van der Waals surface area contributed by atoms with E-state index in [0.717, 1.165) is 11.1 Å². The number of amides is 1. The second-order valence-corrected chi connectivity index (χ2v) is 10.3. The molecule has 0 unspecified atom stereocenters. The molecule has 0 spiro atoms. The Kier molecular flexibility index (Phi) is 7.10. The summed E-state index contributed by atoms with van der Waals surface area (Å²) in [5, 5.41) is 6.49. The van der Waals surface area contributed by atoms with Crippen molar-refractivity contribution in [3.05, 3.63) is 76.9 Å². The summed E-state index contributed by atoms with van der Waals surface area (Å²) in [6, 6.07) is 13.7. The molecule has 0 fully saturated rings. The average molecular weight is 457 g/mol. The van der Waals surface area contributed by atoms with Crippen molar-refractivity contribution in [1.82, 2.24) is 20.2 Å². The van der Waals surface area contributed by atoms with Crippen molar-refractivity contribution in [2.45, 2.75) is 51.0 Å². The Bertz CT molecular complexity index is 1160. The molecule has 2 aromatic carbocycles. The maximum absolute atomic E-state index is 12.6.